The molecule has 2 atom stereocenters. The Hall–Kier alpha value is -3.26. The molecule has 1 unspecified atom stereocenters. The summed E-state index contributed by atoms with van der Waals surface area (Å²) in [6.45, 7) is 3.94. The first-order valence-electron chi connectivity index (χ1n) is 12.6. The zero-order valence-electron chi connectivity index (χ0n) is 21.1. The monoisotopic (exact) mass is 534 g/mol. The van der Waals surface area contributed by atoms with Gasteiger partial charge in [-0.25, -0.2) is 22.0 Å². The van der Waals surface area contributed by atoms with E-state index in [1.54, 1.807) is 6.92 Å². The van der Waals surface area contributed by atoms with Gasteiger partial charge in [0.15, 0.2) is 34.8 Å². The van der Waals surface area contributed by atoms with Crippen molar-refractivity contribution in [3.63, 3.8) is 0 Å². The third kappa shape index (κ3) is 5.46. The minimum atomic E-state index is -1.52. The summed E-state index contributed by atoms with van der Waals surface area (Å²) < 4.78 is 99.9. The van der Waals surface area contributed by atoms with Gasteiger partial charge in [-0.1, -0.05) is 49.8 Å². The molecular weight excluding hydrogens is 506 g/mol. The van der Waals surface area contributed by atoms with Crippen molar-refractivity contribution in [2.45, 2.75) is 51.6 Å². The summed E-state index contributed by atoms with van der Waals surface area (Å²) in [6.07, 6.45) is 7.14. The van der Waals surface area contributed by atoms with Gasteiger partial charge in [0.2, 0.25) is 5.82 Å². The molecule has 1 fully saturated rings. The molecule has 1 saturated heterocycles. The molecule has 38 heavy (non-hydrogen) atoms. The number of hydrogen-bond acceptors (Lipinski definition) is 2. The molecule has 0 aromatic heterocycles. The van der Waals surface area contributed by atoms with Crippen LogP contribution in [0.25, 0.3) is 22.3 Å². The smallest absolute Gasteiger partial charge is 0.201 e. The topological polar surface area (TPSA) is 18.5 Å². The Morgan fingerprint density at radius 1 is 0.737 bits per heavy atom. The summed E-state index contributed by atoms with van der Waals surface area (Å²) in [5, 5.41) is 0. The SMILES string of the molecule is CCCC=CC1CC[C@@H](c2ccc(-c3ccc(-c4ccc(OCC)c(F)c4F)c(F)c3F)c(F)c2F)CO1. The van der Waals surface area contributed by atoms with Gasteiger partial charge in [0.05, 0.1) is 19.3 Å². The van der Waals surface area contributed by atoms with Crippen molar-refractivity contribution < 1.29 is 35.8 Å². The van der Waals surface area contributed by atoms with Crippen LogP contribution in [-0.2, 0) is 4.74 Å². The van der Waals surface area contributed by atoms with Gasteiger partial charge in [-0.3, -0.25) is 0 Å². The highest BCUT2D eigenvalue weighted by Gasteiger charge is 2.28. The molecule has 3 aromatic rings. The highest BCUT2D eigenvalue weighted by molar-refractivity contribution is 5.73. The molecule has 3 aromatic carbocycles. The molecule has 0 bridgehead atoms. The summed E-state index contributed by atoms with van der Waals surface area (Å²) >= 11 is 0. The van der Waals surface area contributed by atoms with Crippen molar-refractivity contribution in [2.75, 3.05) is 13.2 Å². The molecule has 0 aliphatic carbocycles. The molecule has 0 saturated carbocycles. The fraction of sp³-hybridized carbons (Fsp3) is 0.333. The maximum atomic E-state index is 15.1. The Labute approximate surface area is 217 Å². The zero-order chi connectivity index (χ0) is 27.4. The Morgan fingerprint density at radius 2 is 1.29 bits per heavy atom. The minimum Gasteiger partial charge on any atom is -0.491 e. The van der Waals surface area contributed by atoms with Crippen LogP contribution in [0.2, 0.25) is 0 Å². The van der Waals surface area contributed by atoms with E-state index in [2.05, 4.69) is 6.92 Å². The van der Waals surface area contributed by atoms with Gasteiger partial charge >= 0.3 is 0 Å². The van der Waals surface area contributed by atoms with E-state index >= 15 is 17.6 Å². The van der Waals surface area contributed by atoms with Gasteiger partial charge in [0.1, 0.15) is 0 Å². The Kier molecular flexibility index (Phi) is 8.82. The Bertz CT molecular complexity index is 1330. The predicted octanol–water partition coefficient (Wildman–Crippen LogP) is 8.87. The van der Waals surface area contributed by atoms with E-state index < -0.39 is 57.2 Å². The molecule has 202 valence electrons. The number of unbranched alkanes of at least 4 members (excludes halogenated alkanes) is 1. The lowest BCUT2D eigenvalue weighted by atomic mass is 9.89. The lowest BCUT2D eigenvalue weighted by Crippen LogP contribution is -2.24. The van der Waals surface area contributed by atoms with Crippen LogP contribution in [0.1, 0.15) is 51.0 Å². The highest BCUT2D eigenvalue weighted by Crippen LogP contribution is 2.38. The standard InChI is InChI=1S/C30H28F6O2/c1-3-5-6-7-18-9-8-17(16-38-18)19-10-11-20(26(32)25(19)31)21-12-13-22(28(34)27(21)33)23-14-15-24(37-4-2)30(36)29(23)35/h6-7,10-15,17-18H,3-5,8-9,16H2,1-2H3/t17-,18?/m1/s1. The van der Waals surface area contributed by atoms with E-state index in [0.29, 0.717) is 12.8 Å². The second-order valence-electron chi connectivity index (χ2n) is 9.15. The summed E-state index contributed by atoms with van der Waals surface area (Å²) in [6, 6.07) is 6.72. The number of hydrogen-bond donors (Lipinski definition) is 0. The van der Waals surface area contributed by atoms with E-state index in [9.17, 15) is 8.78 Å². The van der Waals surface area contributed by atoms with E-state index in [1.807, 2.05) is 12.2 Å². The zero-order valence-corrected chi connectivity index (χ0v) is 21.1. The number of rotatable bonds is 8. The maximum absolute atomic E-state index is 15.1. The van der Waals surface area contributed by atoms with Gasteiger partial charge in [-0.15, -0.1) is 0 Å². The number of allylic oxidation sites excluding steroid dienone is 1. The lowest BCUT2D eigenvalue weighted by Gasteiger charge is -2.28. The van der Waals surface area contributed by atoms with Crippen molar-refractivity contribution in [3.8, 4) is 28.0 Å². The van der Waals surface area contributed by atoms with Crippen LogP contribution >= 0.6 is 0 Å². The van der Waals surface area contributed by atoms with Crippen LogP contribution in [0, 0.1) is 34.9 Å². The highest BCUT2D eigenvalue weighted by atomic mass is 19.2. The quantitative estimate of drug-likeness (QED) is 0.212. The number of benzene rings is 3. The van der Waals surface area contributed by atoms with Gasteiger partial charge in [0.25, 0.3) is 0 Å². The fourth-order valence-corrected chi connectivity index (χ4v) is 4.64. The lowest BCUT2D eigenvalue weighted by molar-refractivity contribution is 0.0317. The van der Waals surface area contributed by atoms with Gasteiger partial charge in [-0.2, -0.15) is 4.39 Å². The summed E-state index contributed by atoms with van der Waals surface area (Å²) in [5.74, 6) is -9.00. The van der Waals surface area contributed by atoms with Gasteiger partial charge in [-0.05, 0) is 43.9 Å². The van der Waals surface area contributed by atoms with Crippen molar-refractivity contribution in [2.24, 2.45) is 0 Å². The molecule has 2 nitrogen and oxygen atoms in total. The van der Waals surface area contributed by atoms with Crippen LogP contribution in [0.4, 0.5) is 26.3 Å². The molecule has 8 heteroatoms. The first-order chi connectivity index (χ1) is 18.3. The summed E-state index contributed by atoms with van der Waals surface area (Å²) in [7, 11) is 0. The van der Waals surface area contributed by atoms with Crippen molar-refractivity contribution in [3.05, 3.63) is 89.0 Å². The Balaban J connectivity index is 1.61. The summed E-state index contributed by atoms with van der Waals surface area (Å²) in [5.41, 5.74) is -2.01. The van der Waals surface area contributed by atoms with Crippen LogP contribution in [-0.4, -0.2) is 19.3 Å². The molecule has 0 spiro atoms. The number of halogens is 6. The van der Waals surface area contributed by atoms with Crippen molar-refractivity contribution in [1.29, 1.82) is 0 Å². The van der Waals surface area contributed by atoms with Gasteiger partial charge in [0, 0.05) is 28.2 Å². The van der Waals surface area contributed by atoms with Crippen LogP contribution in [0.15, 0.2) is 48.6 Å². The molecule has 0 N–H and O–H groups in total. The van der Waals surface area contributed by atoms with Crippen molar-refractivity contribution >= 4 is 0 Å². The predicted molar refractivity (Wildman–Crippen MR) is 134 cm³/mol. The average molecular weight is 535 g/mol. The second-order valence-corrected chi connectivity index (χ2v) is 9.15. The third-order valence-electron chi connectivity index (χ3n) is 6.68. The van der Waals surface area contributed by atoms with E-state index in [4.69, 9.17) is 9.47 Å². The molecule has 0 radical (unpaired) electrons. The Morgan fingerprint density at radius 3 is 1.84 bits per heavy atom. The first kappa shape index (κ1) is 27.8. The fourth-order valence-electron chi connectivity index (χ4n) is 4.64. The van der Waals surface area contributed by atoms with Crippen LogP contribution < -0.4 is 4.74 Å². The first-order valence-corrected chi connectivity index (χ1v) is 12.6. The molecule has 1 aliphatic rings. The van der Waals surface area contributed by atoms with Crippen LogP contribution in [0.5, 0.6) is 5.75 Å². The summed E-state index contributed by atoms with van der Waals surface area (Å²) in [4.78, 5) is 0. The molecule has 0 amide bonds. The molecule has 1 heterocycles. The van der Waals surface area contributed by atoms with E-state index in [1.165, 1.54) is 12.1 Å². The second kappa shape index (κ2) is 12.1. The van der Waals surface area contributed by atoms with E-state index in [0.717, 1.165) is 37.1 Å². The molecule has 4 rings (SSSR count). The van der Waals surface area contributed by atoms with Crippen molar-refractivity contribution in [1.82, 2.24) is 0 Å². The normalized spacial score (nSPS) is 17.8. The molecular formula is C30H28F6O2. The number of ether oxygens (including phenoxy) is 2. The molecule has 1 aliphatic heterocycles. The largest absolute Gasteiger partial charge is 0.491 e. The van der Waals surface area contributed by atoms with E-state index in [-0.39, 0.29) is 36.5 Å². The van der Waals surface area contributed by atoms with Gasteiger partial charge < -0.3 is 9.47 Å². The average Bonchev–Trinajstić information content (AvgIpc) is 2.91. The maximum Gasteiger partial charge on any atom is 0.201 e. The third-order valence-corrected chi connectivity index (χ3v) is 6.68. The minimum absolute atomic E-state index is 0.0748. The van der Waals surface area contributed by atoms with Crippen LogP contribution in [0.3, 0.4) is 0 Å².